The first-order chi connectivity index (χ1) is 27.2. The van der Waals surface area contributed by atoms with Crippen LogP contribution in [0.3, 0.4) is 0 Å². The predicted octanol–water partition coefficient (Wildman–Crippen LogP) is 0.803. The highest BCUT2D eigenvalue weighted by molar-refractivity contribution is 8.00. The van der Waals surface area contributed by atoms with Crippen molar-refractivity contribution in [2.75, 3.05) is 44.2 Å². The van der Waals surface area contributed by atoms with E-state index < -0.39 is 30.0 Å². The van der Waals surface area contributed by atoms with Gasteiger partial charge in [0.15, 0.2) is 17.5 Å². The van der Waals surface area contributed by atoms with Gasteiger partial charge in [0.25, 0.3) is 0 Å². The zero-order valence-electron chi connectivity index (χ0n) is 33.8. The zero-order valence-corrected chi connectivity index (χ0v) is 34.6. The van der Waals surface area contributed by atoms with Crippen LogP contribution in [-0.4, -0.2) is 108 Å². The Kier molecular flexibility index (Phi) is 23.7. The second-order valence-electron chi connectivity index (χ2n) is 15.0. The van der Waals surface area contributed by atoms with Gasteiger partial charge >= 0.3 is 0 Å². The summed E-state index contributed by atoms with van der Waals surface area (Å²) < 4.78 is 0. The van der Waals surface area contributed by atoms with E-state index in [2.05, 4.69) is 26.3 Å². The van der Waals surface area contributed by atoms with Crippen LogP contribution in [0, 0.1) is 17.8 Å². The van der Waals surface area contributed by atoms with Crippen LogP contribution in [0.5, 0.6) is 5.75 Å². The molecule has 57 heavy (non-hydrogen) atoms. The van der Waals surface area contributed by atoms with Gasteiger partial charge in [-0.2, -0.15) is 0 Å². The Balaban J connectivity index is 2.23. The number of thioether (sulfide) groups is 1. The van der Waals surface area contributed by atoms with Crippen LogP contribution in [-0.2, 0) is 35.2 Å². The molecule has 1 aliphatic rings. The van der Waals surface area contributed by atoms with Crippen LogP contribution in [0.4, 0.5) is 0 Å². The SMILES string of the molecule is CC[C@H](C)[C@@H]1NC(=O)CCNC(=O)CSC[C@@H](C(=O)CC[C@@H](CCCN=C(N)N)CN[C@@H](Cc2ccc(O)cc2)C(N)=O)NCC(=O)[C@H](CCCCN)CCC1=O. The van der Waals surface area contributed by atoms with Gasteiger partial charge in [0.2, 0.25) is 17.7 Å². The number of phenols is 1. The van der Waals surface area contributed by atoms with Crippen molar-refractivity contribution in [3.05, 3.63) is 29.8 Å². The number of hydrogen-bond acceptors (Lipinski definition) is 12. The Morgan fingerprint density at radius 2 is 1.74 bits per heavy atom. The maximum absolute atomic E-state index is 13.9. The third-order valence-corrected chi connectivity index (χ3v) is 11.5. The van der Waals surface area contributed by atoms with Crippen molar-refractivity contribution in [1.82, 2.24) is 21.3 Å². The number of hydrogen-bond donors (Lipinski definition) is 9. The number of unbranched alkanes of at least 4 members (excludes halogenated alkanes) is 1. The van der Waals surface area contributed by atoms with E-state index in [1.807, 2.05) is 13.8 Å². The van der Waals surface area contributed by atoms with Gasteiger partial charge in [0.05, 0.1) is 30.4 Å². The number of amides is 3. The maximum atomic E-state index is 13.9. The first kappa shape index (κ1) is 49.1. The number of benzene rings is 1. The molecule has 17 heteroatoms. The highest BCUT2D eigenvalue weighted by Gasteiger charge is 2.29. The van der Waals surface area contributed by atoms with E-state index >= 15 is 0 Å². The number of rotatable bonds is 20. The molecule has 0 bridgehead atoms. The number of primary amides is 1. The summed E-state index contributed by atoms with van der Waals surface area (Å²) in [6.07, 6.45) is 5.33. The van der Waals surface area contributed by atoms with Gasteiger partial charge < -0.3 is 44.0 Å². The molecule has 0 saturated carbocycles. The van der Waals surface area contributed by atoms with Gasteiger partial charge in [0.1, 0.15) is 11.5 Å². The van der Waals surface area contributed by atoms with Gasteiger partial charge in [-0.05, 0) is 87.6 Å². The number of carbonyl (C=O) groups is 6. The summed E-state index contributed by atoms with van der Waals surface area (Å²) in [5.74, 6) is -1.78. The first-order valence-electron chi connectivity index (χ1n) is 20.2. The number of aromatic hydroxyl groups is 1. The molecule has 3 amide bonds. The fourth-order valence-electron chi connectivity index (χ4n) is 6.67. The molecule has 1 aromatic carbocycles. The normalized spacial score (nSPS) is 20.9. The molecule has 320 valence electrons. The number of nitrogens with two attached hydrogens (primary N) is 4. The van der Waals surface area contributed by atoms with E-state index in [1.165, 1.54) is 11.8 Å². The Hall–Kier alpha value is -4.06. The van der Waals surface area contributed by atoms with E-state index in [-0.39, 0.29) is 96.6 Å². The lowest BCUT2D eigenvalue weighted by Crippen LogP contribution is -2.46. The Morgan fingerprint density at radius 3 is 2.40 bits per heavy atom. The van der Waals surface area contributed by atoms with E-state index in [0.29, 0.717) is 71.0 Å². The van der Waals surface area contributed by atoms with E-state index in [1.54, 1.807) is 24.3 Å². The summed E-state index contributed by atoms with van der Waals surface area (Å²) in [6, 6.07) is 4.41. The van der Waals surface area contributed by atoms with Gasteiger partial charge in [-0.3, -0.25) is 39.1 Å². The number of aliphatic imine (C=N–C) groups is 1. The molecule has 13 N–H and O–H groups in total. The lowest BCUT2D eigenvalue weighted by molar-refractivity contribution is -0.130. The standard InChI is InChI=1S/C40H67N9O7S/c1-3-26(2)38-34(52)16-12-29(8-4-5-18-41)35(53)23-48-32(24-57-25-37(55)45-20-17-36(54)49-38)33(51)15-11-28(7-6-19-46-40(43)44)22-47-31(39(42)56)21-27-9-13-30(50)14-10-27/h9-10,13-14,26,28-29,31-32,38,47-48,50H,3-8,11-12,15-25,41H2,1-2H3,(H2,42,56)(H,45,55)(H,49,54)(H4,43,44,46)/t26-,28+,29+,31-,32-,38-/m0/s1. The summed E-state index contributed by atoms with van der Waals surface area (Å²) in [6.45, 7) is 5.13. The van der Waals surface area contributed by atoms with Crippen molar-refractivity contribution in [3.63, 3.8) is 0 Å². The van der Waals surface area contributed by atoms with Crippen LogP contribution in [0.2, 0.25) is 0 Å². The minimum absolute atomic E-state index is 0.0124. The molecule has 2 rings (SSSR count). The van der Waals surface area contributed by atoms with Gasteiger partial charge in [-0.25, -0.2) is 0 Å². The molecular formula is C40H67N9O7S. The number of Topliss-reactive ketones (excluding diaryl/α,β-unsaturated/α-hetero) is 3. The number of nitrogens with zero attached hydrogens (tertiary/aromatic N) is 1. The Labute approximate surface area is 341 Å². The number of phenolic OH excluding ortho intramolecular Hbond substituents is 1. The largest absolute Gasteiger partial charge is 0.508 e. The summed E-state index contributed by atoms with van der Waals surface area (Å²) >= 11 is 1.26. The molecule has 1 fully saturated rings. The van der Waals surface area contributed by atoms with Crippen LogP contribution < -0.4 is 44.2 Å². The number of ketones is 3. The smallest absolute Gasteiger partial charge is 0.234 e. The maximum Gasteiger partial charge on any atom is 0.234 e. The number of nitrogens with one attached hydrogen (secondary N) is 4. The molecule has 0 aliphatic carbocycles. The lowest BCUT2D eigenvalue weighted by atomic mass is 9.87. The van der Waals surface area contributed by atoms with E-state index in [0.717, 1.165) is 12.0 Å². The van der Waals surface area contributed by atoms with Crippen LogP contribution in [0.15, 0.2) is 29.3 Å². The average molecular weight is 818 g/mol. The van der Waals surface area contributed by atoms with Crippen molar-refractivity contribution in [2.45, 2.75) is 109 Å². The number of guanidine groups is 1. The molecule has 1 saturated heterocycles. The lowest BCUT2D eigenvalue weighted by Gasteiger charge is -2.25. The minimum Gasteiger partial charge on any atom is -0.508 e. The van der Waals surface area contributed by atoms with Crippen molar-refractivity contribution in [3.8, 4) is 5.75 Å². The summed E-state index contributed by atoms with van der Waals surface area (Å²) in [5, 5.41) is 21.7. The molecule has 1 aliphatic heterocycles. The van der Waals surface area contributed by atoms with Crippen molar-refractivity contribution in [1.29, 1.82) is 0 Å². The predicted molar refractivity (Wildman–Crippen MR) is 224 cm³/mol. The molecular weight excluding hydrogens is 751 g/mol. The fraction of sp³-hybridized carbons (Fsp3) is 0.675. The van der Waals surface area contributed by atoms with E-state index in [4.69, 9.17) is 22.9 Å². The highest BCUT2D eigenvalue weighted by Crippen LogP contribution is 2.21. The summed E-state index contributed by atoms with van der Waals surface area (Å²) in [4.78, 5) is 83.0. The quantitative estimate of drug-likeness (QED) is 0.0501. The second-order valence-corrected chi connectivity index (χ2v) is 16.0. The topological polar surface area (TPSA) is 287 Å². The monoisotopic (exact) mass is 817 g/mol. The molecule has 6 atom stereocenters. The number of carbonyl (C=O) groups excluding carboxylic acids is 6. The first-order valence-corrected chi connectivity index (χ1v) is 21.4. The van der Waals surface area contributed by atoms with Gasteiger partial charge in [-0.1, -0.05) is 38.8 Å². The third-order valence-electron chi connectivity index (χ3n) is 10.4. The molecule has 1 heterocycles. The van der Waals surface area contributed by atoms with Crippen LogP contribution in [0.1, 0.15) is 90.0 Å². The van der Waals surface area contributed by atoms with Crippen LogP contribution in [0.25, 0.3) is 0 Å². The van der Waals surface area contributed by atoms with E-state index in [9.17, 15) is 33.9 Å². The molecule has 0 radical (unpaired) electrons. The zero-order chi connectivity index (χ0) is 42.2. The van der Waals surface area contributed by atoms with Crippen molar-refractivity contribution >= 4 is 52.8 Å². The summed E-state index contributed by atoms with van der Waals surface area (Å²) in [7, 11) is 0. The van der Waals surface area contributed by atoms with Gasteiger partial charge in [-0.15, -0.1) is 11.8 Å². The highest BCUT2D eigenvalue weighted by atomic mass is 32.2. The van der Waals surface area contributed by atoms with Crippen molar-refractivity contribution < 1.29 is 33.9 Å². The van der Waals surface area contributed by atoms with Crippen molar-refractivity contribution in [2.24, 2.45) is 45.7 Å². The molecule has 0 unspecified atom stereocenters. The molecule has 16 nitrogen and oxygen atoms in total. The minimum atomic E-state index is -0.736. The Bertz CT molecular complexity index is 1460. The Morgan fingerprint density at radius 1 is 1.00 bits per heavy atom. The van der Waals surface area contributed by atoms with Gasteiger partial charge in [0, 0.05) is 44.0 Å². The fourth-order valence-corrected chi connectivity index (χ4v) is 7.62. The second kappa shape index (κ2) is 27.6. The molecule has 0 spiro atoms. The third kappa shape index (κ3) is 20.3. The average Bonchev–Trinajstić information content (AvgIpc) is 3.17. The van der Waals surface area contributed by atoms with Crippen LogP contribution >= 0.6 is 11.8 Å². The molecule has 0 aromatic heterocycles. The molecule has 1 aromatic rings. The summed E-state index contributed by atoms with van der Waals surface area (Å²) in [5.41, 5.74) is 23.3.